The first-order valence-corrected chi connectivity index (χ1v) is 8.53. The quantitative estimate of drug-likeness (QED) is 0.550. The summed E-state index contributed by atoms with van der Waals surface area (Å²) in [6, 6.07) is 10.7. The molecule has 10 heteroatoms. The minimum absolute atomic E-state index is 0.306. The number of amides is 2. The van der Waals surface area contributed by atoms with E-state index in [1.54, 1.807) is 28.0 Å². The van der Waals surface area contributed by atoms with Crippen molar-refractivity contribution in [2.75, 3.05) is 5.32 Å². The van der Waals surface area contributed by atoms with Crippen LogP contribution >= 0.6 is 0 Å². The Balaban J connectivity index is 1.44. The van der Waals surface area contributed by atoms with E-state index in [1.165, 1.54) is 6.33 Å². The molecule has 2 N–H and O–H groups in total. The van der Waals surface area contributed by atoms with Crippen molar-refractivity contribution in [1.29, 1.82) is 0 Å². The maximum absolute atomic E-state index is 12.4. The third-order valence-electron chi connectivity index (χ3n) is 4.09. The average Bonchev–Trinajstić information content (AvgIpc) is 3.42. The van der Waals surface area contributed by atoms with E-state index in [9.17, 15) is 4.79 Å². The number of nitrogens with zero attached hydrogens (tertiary/aromatic N) is 7. The number of aromatic nitrogens is 7. The topological polar surface area (TPSA) is 115 Å². The van der Waals surface area contributed by atoms with Gasteiger partial charge < -0.3 is 10.6 Å². The lowest BCUT2D eigenvalue weighted by molar-refractivity contribution is 0.251. The Labute approximate surface area is 160 Å². The third kappa shape index (κ3) is 3.70. The molecule has 0 bridgehead atoms. The molecule has 0 unspecified atom stereocenters. The second kappa shape index (κ2) is 7.66. The Hall–Kier alpha value is -4.08. The molecule has 0 spiro atoms. The van der Waals surface area contributed by atoms with Gasteiger partial charge in [-0.15, -0.1) is 5.10 Å². The van der Waals surface area contributed by atoms with Gasteiger partial charge in [-0.2, -0.15) is 5.10 Å². The summed E-state index contributed by atoms with van der Waals surface area (Å²) >= 11 is 0. The minimum atomic E-state index is -0.332. The predicted molar refractivity (Wildman–Crippen MR) is 101 cm³/mol. The number of nitrogens with one attached hydrogen (secondary N) is 2. The van der Waals surface area contributed by atoms with Gasteiger partial charge in [-0.3, -0.25) is 0 Å². The second-order valence-corrected chi connectivity index (χ2v) is 6.00. The smallest absolute Gasteiger partial charge is 0.319 e. The zero-order valence-electron chi connectivity index (χ0n) is 15.0. The second-order valence-electron chi connectivity index (χ2n) is 6.00. The van der Waals surface area contributed by atoms with Crippen LogP contribution in [0.3, 0.4) is 0 Å². The molecule has 0 atom stereocenters. The van der Waals surface area contributed by atoms with Crippen molar-refractivity contribution in [2.45, 2.75) is 13.5 Å². The summed E-state index contributed by atoms with van der Waals surface area (Å²) in [4.78, 5) is 16.7. The summed E-state index contributed by atoms with van der Waals surface area (Å²) in [6.07, 6.45) is 6.68. The number of anilines is 1. The van der Waals surface area contributed by atoms with Crippen molar-refractivity contribution in [3.05, 3.63) is 72.4 Å². The van der Waals surface area contributed by atoms with E-state index in [0.29, 0.717) is 18.1 Å². The van der Waals surface area contributed by atoms with Crippen LogP contribution in [-0.4, -0.2) is 41.0 Å². The molecule has 4 aromatic rings. The summed E-state index contributed by atoms with van der Waals surface area (Å²) in [5.74, 6) is 0.670. The Morgan fingerprint density at radius 1 is 1.14 bits per heavy atom. The molecule has 0 aliphatic heterocycles. The van der Waals surface area contributed by atoms with Gasteiger partial charge in [0.15, 0.2) is 5.82 Å². The van der Waals surface area contributed by atoms with Crippen LogP contribution in [0.2, 0.25) is 0 Å². The summed E-state index contributed by atoms with van der Waals surface area (Å²) in [7, 11) is 0. The van der Waals surface area contributed by atoms with Gasteiger partial charge in [-0.25, -0.2) is 19.1 Å². The van der Waals surface area contributed by atoms with Crippen LogP contribution in [0.15, 0.2) is 61.3 Å². The number of benzene rings is 1. The average molecular weight is 375 g/mol. The number of aryl methyl sites for hydroxylation is 1. The number of carbonyl (C=O) groups is 1. The summed E-state index contributed by atoms with van der Waals surface area (Å²) in [6.45, 7) is 2.25. The predicted octanol–water partition coefficient (Wildman–Crippen LogP) is 1.87. The zero-order chi connectivity index (χ0) is 19.3. The van der Waals surface area contributed by atoms with Crippen molar-refractivity contribution >= 4 is 11.7 Å². The van der Waals surface area contributed by atoms with E-state index in [0.717, 1.165) is 16.8 Å². The molecule has 3 heterocycles. The largest absolute Gasteiger partial charge is 0.334 e. The standard InChI is InChI=1S/C18H17N9O/c1-13-5-6-15(10-16(13)27-12-21-24-25-27)23-18(28)20-11-14-4-2-7-19-17(14)26-9-3-8-22-26/h2-10,12H,11H2,1H3,(H2,20,23,28). The Morgan fingerprint density at radius 3 is 2.86 bits per heavy atom. The van der Waals surface area contributed by atoms with E-state index in [4.69, 9.17) is 0 Å². The molecule has 3 aromatic heterocycles. The first-order valence-electron chi connectivity index (χ1n) is 8.53. The third-order valence-corrected chi connectivity index (χ3v) is 4.09. The lowest BCUT2D eigenvalue weighted by atomic mass is 10.2. The Kier molecular flexibility index (Phi) is 4.74. The van der Waals surface area contributed by atoms with E-state index in [2.05, 4.69) is 36.2 Å². The normalized spacial score (nSPS) is 10.6. The fourth-order valence-corrected chi connectivity index (χ4v) is 2.73. The highest BCUT2D eigenvalue weighted by atomic mass is 16.2. The number of urea groups is 1. The van der Waals surface area contributed by atoms with Crippen molar-refractivity contribution in [2.24, 2.45) is 0 Å². The first-order chi connectivity index (χ1) is 13.7. The maximum Gasteiger partial charge on any atom is 0.319 e. The van der Waals surface area contributed by atoms with Gasteiger partial charge >= 0.3 is 6.03 Å². The van der Waals surface area contributed by atoms with Gasteiger partial charge in [-0.1, -0.05) is 12.1 Å². The van der Waals surface area contributed by atoms with E-state index < -0.39 is 0 Å². The molecule has 0 aliphatic carbocycles. The minimum Gasteiger partial charge on any atom is -0.334 e. The number of hydrogen-bond donors (Lipinski definition) is 2. The molecule has 10 nitrogen and oxygen atoms in total. The van der Waals surface area contributed by atoms with Crippen molar-refractivity contribution in [1.82, 2.24) is 40.3 Å². The van der Waals surface area contributed by atoms with Crippen LogP contribution in [0.1, 0.15) is 11.1 Å². The van der Waals surface area contributed by atoms with Crippen LogP contribution in [0.5, 0.6) is 0 Å². The molecule has 4 rings (SSSR count). The van der Waals surface area contributed by atoms with Crippen molar-refractivity contribution in [3.8, 4) is 11.5 Å². The van der Waals surface area contributed by atoms with Gasteiger partial charge in [0.05, 0.1) is 5.69 Å². The molecule has 140 valence electrons. The molecular formula is C18H17N9O. The van der Waals surface area contributed by atoms with Crippen LogP contribution in [-0.2, 0) is 6.54 Å². The highest BCUT2D eigenvalue weighted by Crippen LogP contribution is 2.18. The fourth-order valence-electron chi connectivity index (χ4n) is 2.73. The Bertz CT molecular complexity index is 1070. The number of pyridine rings is 1. The van der Waals surface area contributed by atoms with Crippen LogP contribution < -0.4 is 10.6 Å². The first kappa shape index (κ1) is 17.3. The Morgan fingerprint density at radius 2 is 2.07 bits per heavy atom. The fraction of sp³-hybridized carbons (Fsp3) is 0.111. The molecular weight excluding hydrogens is 358 g/mol. The molecule has 1 aromatic carbocycles. The lowest BCUT2D eigenvalue weighted by Gasteiger charge is -2.12. The van der Waals surface area contributed by atoms with Gasteiger partial charge in [0.2, 0.25) is 0 Å². The highest BCUT2D eigenvalue weighted by molar-refractivity contribution is 5.89. The van der Waals surface area contributed by atoms with E-state index >= 15 is 0 Å². The van der Waals surface area contributed by atoms with Crippen molar-refractivity contribution in [3.63, 3.8) is 0 Å². The van der Waals surface area contributed by atoms with E-state index in [1.807, 2.05) is 43.3 Å². The number of rotatable bonds is 5. The maximum atomic E-state index is 12.4. The number of tetrazole rings is 1. The van der Waals surface area contributed by atoms with Gasteiger partial charge in [0, 0.05) is 36.4 Å². The van der Waals surface area contributed by atoms with Gasteiger partial charge in [0.25, 0.3) is 0 Å². The zero-order valence-corrected chi connectivity index (χ0v) is 15.0. The number of hydrogen-bond acceptors (Lipinski definition) is 6. The van der Waals surface area contributed by atoms with Gasteiger partial charge in [0.1, 0.15) is 6.33 Å². The molecule has 0 radical (unpaired) electrons. The summed E-state index contributed by atoms with van der Waals surface area (Å²) in [5, 5.41) is 21.0. The van der Waals surface area contributed by atoms with Crippen molar-refractivity contribution < 1.29 is 4.79 Å². The monoisotopic (exact) mass is 375 g/mol. The SMILES string of the molecule is Cc1ccc(NC(=O)NCc2cccnc2-n2cccn2)cc1-n1cnnn1. The molecule has 0 aliphatic rings. The lowest BCUT2D eigenvalue weighted by Crippen LogP contribution is -2.28. The van der Waals surface area contributed by atoms with E-state index in [-0.39, 0.29) is 6.03 Å². The molecule has 28 heavy (non-hydrogen) atoms. The van der Waals surface area contributed by atoms with Crippen LogP contribution in [0.25, 0.3) is 11.5 Å². The van der Waals surface area contributed by atoms with Gasteiger partial charge in [-0.05, 0) is 47.2 Å². The van der Waals surface area contributed by atoms with Crippen LogP contribution in [0.4, 0.5) is 10.5 Å². The van der Waals surface area contributed by atoms with Crippen LogP contribution in [0, 0.1) is 6.92 Å². The number of carbonyl (C=O) groups excluding carboxylic acids is 1. The summed E-state index contributed by atoms with van der Waals surface area (Å²) < 4.78 is 3.21. The molecule has 2 amide bonds. The highest BCUT2D eigenvalue weighted by Gasteiger charge is 2.09. The molecule has 0 saturated heterocycles. The molecule has 0 fully saturated rings. The summed E-state index contributed by atoms with van der Waals surface area (Å²) in [5.41, 5.74) is 3.25. The molecule has 0 saturated carbocycles.